The fraction of sp³-hybridized carbons (Fsp3) is 0.680. The first-order valence-electron chi connectivity index (χ1n) is 12.9. The maximum Gasteiger partial charge on any atom is 0.346 e. The Balaban J connectivity index is 1.03. The minimum Gasteiger partial charge on any atom is -0.390 e. The van der Waals surface area contributed by atoms with E-state index < -0.39 is 6.10 Å². The SMILES string of the molecule is O=c1n(CC(O)CN2C3CCC2CC(OCc2ccccc2N2CCOCC2)C3)nc2n1CCS2. The lowest BCUT2D eigenvalue weighted by Crippen LogP contribution is -2.49. The molecule has 1 N–H and O–H groups in total. The highest BCUT2D eigenvalue weighted by atomic mass is 32.2. The van der Waals surface area contributed by atoms with E-state index in [1.54, 1.807) is 16.3 Å². The number of anilines is 1. The lowest BCUT2D eigenvalue weighted by Gasteiger charge is -2.40. The Kier molecular flexibility index (Phi) is 6.90. The third-order valence-electron chi connectivity index (χ3n) is 7.90. The predicted molar refractivity (Wildman–Crippen MR) is 134 cm³/mol. The molecular weight excluding hydrogens is 466 g/mol. The van der Waals surface area contributed by atoms with Gasteiger partial charge >= 0.3 is 5.69 Å². The molecule has 0 aliphatic carbocycles. The molecule has 2 bridgehead atoms. The zero-order valence-electron chi connectivity index (χ0n) is 20.1. The van der Waals surface area contributed by atoms with E-state index in [0.29, 0.717) is 31.8 Å². The van der Waals surface area contributed by atoms with Crippen LogP contribution in [0.25, 0.3) is 0 Å². The fourth-order valence-corrected chi connectivity index (χ4v) is 7.12. The van der Waals surface area contributed by atoms with Crippen LogP contribution < -0.4 is 10.6 Å². The maximum absolute atomic E-state index is 12.5. The average Bonchev–Trinajstić information content (AvgIpc) is 3.51. The zero-order valence-corrected chi connectivity index (χ0v) is 20.9. The number of morpholine rings is 1. The quantitative estimate of drug-likeness (QED) is 0.584. The second kappa shape index (κ2) is 10.3. The number of benzene rings is 1. The Morgan fingerprint density at radius 1 is 1.11 bits per heavy atom. The molecule has 4 aliphatic rings. The van der Waals surface area contributed by atoms with Gasteiger partial charge in [0.2, 0.25) is 0 Å². The fourth-order valence-electron chi connectivity index (χ4n) is 6.18. The van der Waals surface area contributed by atoms with Gasteiger partial charge in [-0.05, 0) is 31.7 Å². The largest absolute Gasteiger partial charge is 0.390 e. The van der Waals surface area contributed by atoms with Gasteiger partial charge < -0.3 is 19.5 Å². The summed E-state index contributed by atoms with van der Waals surface area (Å²) in [6.07, 6.45) is 3.94. The Hall–Kier alpha value is -1.85. The molecule has 0 amide bonds. The van der Waals surface area contributed by atoms with Crippen LogP contribution in [0.15, 0.2) is 34.2 Å². The monoisotopic (exact) mass is 501 g/mol. The highest BCUT2D eigenvalue weighted by Crippen LogP contribution is 2.37. The second-order valence-electron chi connectivity index (χ2n) is 10.1. The summed E-state index contributed by atoms with van der Waals surface area (Å²) in [7, 11) is 0. The van der Waals surface area contributed by atoms with Gasteiger partial charge in [0.15, 0.2) is 5.16 Å². The van der Waals surface area contributed by atoms with E-state index in [9.17, 15) is 9.90 Å². The molecule has 6 rings (SSSR count). The molecule has 9 nitrogen and oxygen atoms in total. The number of para-hydroxylation sites is 1. The van der Waals surface area contributed by atoms with E-state index in [0.717, 1.165) is 62.9 Å². The summed E-state index contributed by atoms with van der Waals surface area (Å²) in [6.45, 7) is 5.59. The van der Waals surface area contributed by atoms with Crippen LogP contribution in [0.2, 0.25) is 0 Å². The van der Waals surface area contributed by atoms with Gasteiger partial charge in [0.05, 0.1) is 38.6 Å². The Bertz CT molecular complexity index is 1070. The Morgan fingerprint density at radius 2 is 1.89 bits per heavy atom. The number of piperidine rings is 1. The van der Waals surface area contributed by atoms with Crippen molar-refractivity contribution in [1.29, 1.82) is 0 Å². The van der Waals surface area contributed by atoms with Crippen molar-refractivity contribution in [2.24, 2.45) is 0 Å². The number of fused-ring (bicyclic) bond motifs is 3. The molecule has 190 valence electrons. The molecule has 5 heterocycles. The van der Waals surface area contributed by atoms with Crippen molar-refractivity contribution in [3.8, 4) is 0 Å². The number of aliphatic hydroxyl groups is 1. The first-order valence-corrected chi connectivity index (χ1v) is 13.9. The molecule has 2 aromatic rings. The van der Waals surface area contributed by atoms with Crippen molar-refractivity contribution in [2.75, 3.05) is 43.5 Å². The lowest BCUT2D eigenvalue weighted by atomic mass is 9.99. The third kappa shape index (κ3) is 4.91. The molecule has 3 unspecified atom stereocenters. The van der Waals surface area contributed by atoms with E-state index in [1.807, 2.05) is 0 Å². The van der Waals surface area contributed by atoms with Gasteiger partial charge in [0, 0.05) is 55.3 Å². The van der Waals surface area contributed by atoms with Gasteiger partial charge in [-0.2, -0.15) is 0 Å². The number of hydrogen-bond acceptors (Lipinski definition) is 8. The summed E-state index contributed by atoms with van der Waals surface area (Å²) in [6, 6.07) is 9.43. The zero-order chi connectivity index (χ0) is 23.8. The molecule has 0 saturated carbocycles. The number of nitrogens with zero attached hydrogens (tertiary/aromatic N) is 5. The molecule has 35 heavy (non-hydrogen) atoms. The van der Waals surface area contributed by atoms with E-state index in [4.69, 9.17) is 9.47 Å². The topological polar surface area (TPSA) is 85.0 Å². The van der Waals surface area contributed by atoms with Crippen LogP contribution in [0.1, 0.15) is 31.2 Å². The normalized spacial score (nSPS) is 27.3. The summed E-state index contributed by atoms with van der Waals surface area (Å²) in [4.78, 5) is 17.3. The molecular formula is C25H35N5O4S. The maximum atomic E-state index is 12.5. The molecule has 0 radical (unpaired) electrons. The predicted octanol–water partition coefficient (Wildman–Crippen LogP) is 1.56. The van der Waals surface area contributed by atoms with Crippen molar-refractivity contribution in [3.63, 3.8) is 0 Å². The van der Waals surface area contributed by atoms with E-state index in [-0.39, 0.29) is 18.3 Å². The second-order valence-corrected chi connectivity index (χ2v) is 11.2. The number of aliphatic hydroxyl groups excluding tert-OH is 1. The third-order valence-corrected chi connectivity index (χ3v) is 8.85. The number of ether oxygens (including phenoxy) is 2. The van der Waals surface area contributed by atoms with Crippen molar-refractivity contribution < 1.29 is 14.6 Å². The lowest BCUT2D eigenvalue weighted by molar-refractivity contribution is -0.0402. The van der Waals surface area contributed by atoms with Gasteiger partial charge in [-0.15, -0.1) is 5.10 Å². The summed E-state index contributed by atoms with van der Waals surface area (Å²) in [5.41, 5.74) is 2.41. The summed E-state index contributed by atoms with van der Waals surface area (Å²) < 4.78 is 15.1. The van der Waals surface area contributed by atoms with E-state index >= 15 is 0 Å². The standard InChI is InChI=1S/C25H35N5O4S/c31-21(16-30-25(32)28-9-12-35-24(28)26-30)15-29-19-5-6-20(29)14-22(13-19)34-17-18-3-1-2-4-23(18)27-7-10-33-11-8-27/h1-4,19-22,31H,5-17H2. The molecule has 4 aliphatic heterocycles. The minimum atomic E-state index is -0.603. The van der Waals surface area contributed by atoms with Crippen molar-refractivity contribution >= 4 is 17.4 Å². The highest BCUT2D eigenvalue weighted by molar-refractivity contribution is 7.99. The summed E-state index contributed by atoms with van der Waals surface area (Å²) in [5.74, 6) is 0.903. The summed E-state index contributed by atoms with van der Waals surface area (Å²) in [5, 5.41) is 16.0. The van der Waals surface area contributed by atoms with Gasteiger partial charge in [-0.3, -0.25) is 9.47 Å². The molecule has 0 spiro atoms. The number of hydrogen-bond donors (Lipinski definition) is 1. The van der Waals surface area contributed by atoms with Crippen molar-refractivity contribution in [1.82, 2.24) is 19.2 Å². The van der Waals surface area contributed by atoms with Crippen LogP contribution in [-0.4, -0.2) is 87.2 Å². The number of thioether (sulfide) groups is 1. The van der Waals surface area contributed by atoms with Crippen molar-refractivity contribution in [3.05, 3.63) is 40.3 Å². The van der Waals surface area contributed by atoms with Gasteiger partial charge in [-0.1, -0.05) is 30.0 Å². The van der Waals surface area contributed by atoms with E-state index in [2.05, 4.69) is 39.2 Å². The smallest absolute Gasteiger partial charge is 0.346 e. The van der Waals surface area contributed by atoms with Crippen LogP contribution in [0.5, 0.6) is 0 Å². The van der Waals surface area contributed by atoms with Crippen LogP contribution in [0.3, 0.4) is 0 Å². The first-order chi connectivity index (χ1) is 17.2. The minimum absolute atomic E-state index is 0.100. The molecule has 1 aromatic heterocycles. The van der Waals surface area contributed by atoms with Crippen LogP contribution in [0.4, 0.5) is 5.69 Å². The van der Waals surface area contributed by atoms with Crippen LogP contribution in [-0.2, 0) is 29.2 Å². The summed E-state index contributed by atoms with van der Waals surface area (Å²) >= 11 is 1.61. The Labute approximate surface area is 210 Å². The van der Waals surface area contributed by atoms with Crippen LogP contribution >= 0.6 is 11.8 Å². The van der Waals surface area contributed by atoms with Gasteiger partial charge in [0.1, 0.15) is 0 Å². The molecule has 3 atom stereocenters. The van der Waals surface area contributed by atoms with Crippen molar-refractivity contribution in [2.45, 2.75) is 74.8 Å². The number of rotatable bonds is 8. The molecule has 3 fully saturated rings. The van der Waals surface area contributed by atoms with Crippen LogP contribution in [0, 0.1) is 0 Å². The first kappa shape index (κ1) is 23.5. The van der Waals surface area contributed by atoms with E-state index in [1.165, 1.54) is 15.9 Å². The van der Waals surface area contributed by atoms with Gasteiger partial charge in [-0.25, -0.2) is 9.48 Å². The van der Waals surface area contributed by atoms with Gasteiger partial charge in [0.25, 0.3) is 0 Å². The molecule has 3 saturated heterocycles. The molecule has 10 heteroatoms. The Morgan fingerprint density at radius 3 is 2.66 bits per heavy atom. The highest BCUT2D eigenvalue weighted by Gasteiger charge is 2.41. The average molecular weight is 502 g/mol. The number of aromatic nitrogens is 3. The molecule has 1 aromatic carbocycles.